The second kappa shape index (κ2) is 10.6. The Balaban J connectivity index is 1.53. The number of nitrogens with zero attached hydrogens (tertiary/aromatic N) is 2. The number of H-pyrrole nitrogens is 1. The Morgan fingerprint density at radius 2 is 1.88 bits per heavy atom. The Kier molecular flexibility index (Phi) is 7.42. The van der Waals surface area contributed by atoms with E-state index in [1.165, 1.54) is 0 Å². The summed E-state index contributed by atoms with van der Waals surface area (Å²) in [5.74, 6) is 0. The molecule has 1 aliphatic rings. The lowest BCUT2D eigenvalue weighted by Crippen LogP contribution is -2.40. The van der Waals surface area contributed by atoms with Gasteiger partial charge in [-0.1, -0.05) is 24.3 Å². The lowest BCUT2D eigenvalue weighted by Gasteiger charge is -2.28. The number of benzene rings is 2. The van der Waals surface area contributed by atoms with Crippen molar-refractivity contribution in [2.45, 2.75) is 26.8 Å². The molecule has 174 valence electrons. The van der Waals surface area contributed by atoms with Gasteiger partial charge in [-0.05, 0) is 55.7 Å². The predicted molar refractivity (Wildman–Crippen MR) is 132 cm³/mol. The van der Waals surface area contributed by atoms with Gasteiger partial charge in [0.05, 0.1) is 19.8 Å². The molecule has 0 unspecified atom stereocenters. The zero-order valence-electron chi connectivity index (χ0n) is 19.4. The molecule has 3 aromatic rings. The number of aromatic nitrogens is 1. The van der Waals surface area contributed by atoms with Crippen LogP contribution in [0, 0.1) is 13.8 Å². The highest BCUT2D eigenvalue weighted by molar-refractivity contribution is 5.89. The van der Waals surface area contributed by atoms with Gasteiger partial charge in [0.25, 0.3) is 5.56 Å². The van der Waals surface area contributed by atoms with Gasteiger partial charge in [0, 0.05) is 48.3 Å². The third-order valence-electron chi connectivity index (χ3n) is 6.07. The number of rotatable bonds is 7. The average Bonchev–Trinajstić information content (AvgIpc) is 2.80. The van der Waals surface area contributed by atoms with Gasteiger partial charge in [0.1, 0.15) is 0 Å². The Labute approximate surface area is 194 Å². The highest BCUT2D eigenvalue weighted by Gasteiger charge is 2.18. The molecular formula is C26H32N4O3. The second-order valence-corrected chi connectivity index (χ2v) is 8.69. The van der Waals surface area contributed by atoms with Crippen LogP contribution < -0.4 is 10.9 Å². The number of nitrogens with one attached hydrogen (secondary N) is 2. The van der Waals surface area contributed by atoms with Crippen LogP contribution in [-0.2, 0) is 11.3 Å². The van der Waals surface area contributed by atoms with E-state index in [2.05, 4.69) is 21.3 Å². The molecule has 1 aromatic heterocycles. The predicted octanol–water partition coefficient (Wildman–Crippen LogP) is 3.90. The molecule has 1 saturated heterocycles. The minimum absolute atomic E-state index is 0.154. The van der Waals surface area contributed by atoms with Crippen LogP contribution in [0.3, 0.4) is 0 Å². The Morgan fingerprint density at radius 3 is 2.64 bits per heavy atom. The number of carbonyl (C=O) groups excluding carboxylic acids is 1. The molecule has 1 fully saturated rings. The van der Waals surface area contributed by atoms with Gasteiger partial charge in [-0.25, -0.2) is 4.79 Å². The van der Waals surface area contributed by atoms with E-state index in [1.54, 1.807) is 4.90 Å². The van der Waals surface area contributed by atoms with Crippen LogP contribution in [0.1, 0.15) is 23.1 Å². The van der Waals surface area contributed by atoms with E-state index in [4.69, 9.17) is 4.74 Å². The minimum Gasteiger partial charge on any atom is -0.379 e. The number of anilines is 1. The van der Waals surface area contributed by atoms with Crippen LogP contribution >= 0.6 is 0 Å². The summed E-state index contributed by atoms with van der Waals surface area (Å²) in [4.78, 5) is 33.1. The minimum atomic E-state index is -0.205. The van der Waals surface area contributed by atoms with Gasteiger partial charge < -0.3 is 19.9 Å². The SMILES string of the molecule is Cc1cc(C)c2cc(CN(CCCN3CCOCC3)C(=O)Nc3ccccc3)c(=O)[nH]c2c1. The summed E-state index contributed by atoms with van der Waals surface area (Å²) < 4.78 is 5.42. The molecule has 0 atom stereocenters. The van der Waals surface area contributed by atoms with Crippen molar-refractivity contribution in [3.05, 3.63) is 75.6 Å². The van der Waals surface area contributed by atoms with Crippen LogP contribution in [0.5, 0.6) is 0 Å². The molecule has 0 radical (unpaired) electrons. The first-order valence-electron chi connectivity index (χ1n) is 11.5. The number of amides is 2. The fourth-order valence-electron chi connectivity index (χ4n) is 4.33. The zero-order chi connectivity index (χ0) is 23.2. The number of urea groups is 1. The van der Waals surface area contributed by atoms with Crippen molar-refractivity contribution in [3.63, 3.8) is 0 Å². The van der Waals surface area contributed by atoms with E-state index < -0.39 is 0 Å². The third kappa shape index (κ3) is 6.00. The van der Waals surface area contributed by atoms with Gasteiger partial charge in [0.2, 0.25) is 0 Å². The van der Waals surface area contributed by atoms with Gasteiger partial charge >= 0.3 is 6.03 Å². The summed E-state index contributed by atoms with van der Waals surface area (Å²) in [7, 11) is 0. The first-order chi connectivity index (χ1) is 16.0. The first kappa shape index (κ1) is 23.0. The molecule has 7 heteroatoms. The Hall–Kier alpha value is -3.16. The number of pyridine rings is 1. The topological polar surface area (TPSA) is 77.7 Å². The standard InChI is InChI=1S/C26H32N4O3/c1-19-15-20(2)23-17-21(25(31)28-24(23)16-19)18-30(10-6-9-29-11-13-33-14-12-29)26(32)27-22-7-4-3-5-8-22/h3-5,7-8,15-17H,6,9-14,18H2,1-2H3,(H,27,32)(H,28,31). The summed E-state index contributed by atoms with van der Waals surface area (Å²) in [6.45, 7) is 9.10. The normalized spacial score (nSPS) is 14.4. The van der Waals surface area contributed by atoms with E-state index in [9.17, 15) is 9.59 Å². The lowest BCUT2D eigenvalue weighted by molar-refractivity contribution is 0.0365. The van der Waals surface area contributed by atoms with Gasteiger partial charge in [-0.3, -0.25) is 9.69 Å². The second-order valence-electron chi connectivity index (χ2n) is 8.69. The number of carbonyl (C=O) groups is 1. The highest BCUT2D eigenvalue weighted by atomic mass is 16.5. The molecule has 2 heterocycles. The molecule has 7 nitrogen and oxygen atoms in total. The maximum atomic E-state index is 13.2. The fraction of sp³-hybridized carbons (Fsp3) is 0.385. The molecule has 0 bridgehead atoms. The van der Waals surface area contributed by atoms with Gasteiger partial charge in [-0.15, -0.1) is 0 Å². The van der Waals surface area contributed by atoms with Crippen molar-refractivity contribution >= 4 is 22.6 Å². The zero-order valence-corrected chi connectivity index (χ0v) is 19.4. The monoisotopic (exact) mass is 448 g/mol. The van der Waals surface area contributed by atoms with Crippen LogP contribution in [0.25, 0.3) is 10.9 Å². The molecule has 2 aromatic carbocycles. The summed E-state index contributed by atoms with van der Waals surface area (Å²) in [5, 5.41) is 3.97. The molecule has 4 rings (SSSR count). The number of aryl methyl sites for hydroxylation is 2. The summed E-state index contributed by atoms with van der Waals surface area (Å²) in [6, 6.07) is 15.2. The van der Waals surface area contributed by atoms with Crippen molar-refractivity contribution in [1.82, 2.24) is 14.8 Å². The molecular weight excluding hydrogens is 416 g/mol. The number of aromatic amines is 1. The van der Waals surface area contributed by atoms with E-state index in [0.717, 1.165) is 67.0 Å². The quantitative estimate of drug-likeness (QED) is 0.575. The third-order valence-corrected chi connectivity index (χ3v) is 6.07. The maximum Gasteiger partial charge on any atom is 0.322 e. The van der Waals surface area contributed by atoms with E-state index in [-0.39, 0.29) is 18.1 Å². The molecule has 1 aliphatic heterocycles. The Bertz CT molecular complexity index is 1150. The number of hydrogen-bond donors (Lipinski definition) is 2. The first-order valence-corrected chi connectivity index (χ1v) is 11.5. The fourth-order valence-corrected chi connectivity index (χ4v) is 4.33. The van der Waals surface area contributed by atoms with Crippen molar-refractivity contribution in [2.75, 3.05) is 44.7 Å². The van der Waals surface area contributed by atoms with Crippen LogP contribution in [0.2, 0.25) is 0 Å². The van der Waals surface area contributed by atoms with Crippen LogP contribution in [-0.4, -0.2) is 60.2 Å². The van der Waals surface area contributed by atoms with Crippen LogP contribution in [0.4, 0.5) is 10.5 Å². The van der Waals surface area contributed by atoms with Crippen molar-refractivity contribution < 1.29 is 9.53 Å². The lowest BCUT2D eigenvalue weighted by atomic mass is 10.0. The molecule has 0 saturated carbocycles. The number of morpholine rings is 1. The Morgan fingerprint density at radius 1 is 1.12 bits per heavy atom. The number of fused-ring (bicyclic) bond motifs is 1. The van der Waals surface area contributed by atoms with E-state index in [1.807, 2.05) is 56.3 Å². The van der Waals surface area contributed by atoms with Crippen LogP contribution in [0.15, 0.2) is 53.3 Å². The van der Waals surface area contributed by atoms with Crippen molar-refractivity contribution in [1.29, 1.82) is 0 Å². The van der Waals surface area contributed by atoms with Gasteiger partial charge in [0.15, 0.2) is 0 Å². The highest BCUT2D eigenvalue weighted by Crippen LogP contribution is 2.19. The molecule has 2 N–H and O–H groups in total. The number of ether oxygens (including phenoxy) is 1. The largest absolute Gasteiger partial charge is 0.379 e. The molecule has 0 aliphatic carbocycles. The summed E-state index contributed by atoms with van der Waals surface area (Å²) in [5.41, 5.74) is 4.21. The van der Waals surface area contributed by atoms with Crippen molar-refractivity contribution in [2.24, 2.45) is 0 Å². The van der Waals surface area contributed by atoms with Gasteiger partial charge in [-0.2, -0.15) is 0 Å². The van der Waals surface area contributed by atoms with Crippen molar-refractivity contribution in [3.8, 4) is 0 Å². The average molecular weight is 449 g/mol. The molecule has 33 heavy (non-hydrogen) atoms. The van der Waals surface area contributed by atoms with E-state index >= 15 is 0 Å². The molecule has 2 amide bonds. The maximum absolute atomic E-state index is 13.2. The smallest absolute Gasteiger partial charge is 0.322 e. The van der Waals surface area contributed by atoms with E-state index in [0.29, 0.717) is 12.1 Å². The summed E-state index contributed by atoms with van der Waals surface area (Å²) in [6.07, 6.45) is 0.825. The number of hydrogen-bond acceptors (Lipinski definition) is 4. The summed E-state index contributed by atoms with van der Waals surface area (Å²) >= 11 is 0. The molecule has 0 spiro atoms. The number of para-hydroxylation sites is 1.